The Hall–Kier alpha value is -2.82. The highest BCUT2D eigenvalue weighted by atomic mass is 35.5. The van der Waals surface area contributed by atoms with Crippen LogP contribution >= 0.6 is 23.2 Å². The number of fused-ring (bicyclic) bond motifs is 1. The monoisotopic (exact) mass is 438 g/mol. The second-order valence-electron chi connectivity index (χ2n) is 7.32. The number of pyridine rings is 1. The zero-order valence-electron chi connectivity index (χ0n) is 16.8. The first-order chi connectivity index (χ1) is 14.3. The molecule has 0 unspecified atom stereocenters. The minimum Gasteiger partial charge on any atom is -0.455 e. The molecule has 0 spiro atoms. The van der Waals surface area contributed by atoms with Gasteiger partial charge < -0.3 is 9.73 Å². The molecule has 4 nitrogen and oxygen atoms in total. The maximum Gasteiger partial charge on any atom is 0.196 e. The third kappa shape index (κ3) is 3.81. The highest BCUT2D eigenvalue weighted by molar-refractivity contribution is 6.34. The van der Waals surface area contributed by atoms with E-state index in [2.05, 4.69) is 10.3 Å². The van der Waals surface area contributed by atoms with Crippen molar-refractivity contribution in [1.29, 1.82) is 0 Å². The SMILES string of the molecule is Cc1cc([C@@H](C)Nc2ccc(Cl)nc2Cl)c2oc(-c3ccccc3)c(C)c(=O)c2c1. The molecule has 0 bridgehead atoms. The lowest BCUT2D eigenvalue weighted by Crippen LogP contribution is -2.12. The van der Waals surface area contributed by atoms with Crippen LogP contribution in [0.25, 0.3) is 22.3 Å². The quantitative estimate of drug-likeness (QED) is 0.350. The summed E-state index contributed by atoms with van der Waals surface area (Å²) in [6.45, 7) is 5.75. The average Bonchev–Trinajstić information content (AvgIpc) is 2.73. The minimum absolute atomic E-state index is 0.0292. The van der Waals surface area contributed by atoms with Crippen LogP contribution in [0.1, 0.15) is 29.7 Å². The number of nitrogens with one attached hydrogen (secondary N) is 1. The van der Waals surface area contributed by atoms with Crippen LogP contribution in [0.2, 0.25) is 10.3 Å². The molecule has 6 heteroatoms. The van der Waals surface area contributed by atoms with Crippen LogP contribution in [-0.4, -0.2) is 4.98 Å². The van der Waals surface area contributed by atoms with Gasteiger partial charge in [-0.25, -0.2) is 4.98 Å². The highest BCUT2D eigenvalue weighted by Gasteiger charge is 2.19. The van der Waals surface area contributed by atoms with E-state index in [4.69, 9.17) is 27.6 Å². The molecule has 2 aromatic heterocycles. The molecule has 0 aliphatic carbocycles. The topological polar surface area (TPSA) is 55.1 Å². The molecule has 1 atom stereocenters. The lowest BCUT2D eigenvalue weighted by Gasteiger charge is -2.19. The van der Waals surface area contributed by atoms with Crippen LogP contribution < -0.4 is 10.7 Å². The lowest BCUT2D eigenvalue weighted by molar-refractivity contribution is 0.605. The van der Waals surface area contributed by atoms with Gasteiger partial charge in [0.1, 0.15) is 16.5 Å². The number of halogens is 2. The molecular formula is C24H20Cl2N2O2. The summed E-state index contributed by atoms with van der Waals surface area (Å²) in [6.07, 6.45) is 0. The molecule has 2 aromatic carbocycles. The largest absolute Gasteiger partial charge is 0.455 e. The standard InChI is InChI=1S/C24H20Cl2N2O2/c1-13-11-17(15(3)27-19-9-10-20(25)28-24(19)26)23-18(12-13)21(29)14(2)22(30-23)16-7-5-4-6-8-16/h4-12,15,27H,1-3H3/t15-/m1/s1. The lowest BCUT2D eigenvalue weighted by atomic mass is 9.99. The van der Waals surface area contributed by atoms with Crippen molar-refractivity contribution >= 4 is 39.9 Å². The van der Waals surface area contributed by atoms with E-state index in [0.29, 0.717) is 33.1 Å². The van der Waals surface area contributed by atoms with Crippen molar-refractivity contribution in [2.45, 2.75) is 26.8 Å². The predicted octanol–water partition coefficient (Wildman–Crippen LogP) is 6.95. The van der Waals surface area contributed by atoms with Crippen molar-refractivity contribution in [3.63, 3.8) is 0 Å². The molecular weight excluding hydrogens is 419 g/mol. The van der Waals surface area contributed by atoms with Crippen molar-refractivity contribution in [1.82, 2.24) is 4.98 Å². The van der Waals surface area contributed by atoms with Crippen molar-refractivity contribution in [3.05, 3.63) is 91.8 Å². The number of hydrogen-bond acceptors (Lipinski definition) is 4. The van der Waals surface area contributed by atoms with Gasteiger partial charge in [0.2, 0.25) is 0 Å². The first-order valence-corrected chi connectivity index (χ1v) is 10.3. The van der Waals surface area contributed by atoms with Crippen LogP contribution in [-0.2, 0) is 0 Å². The van der Waals surface area contributed by atoms with E-state index in [1.807, 2.05) is 56.3 Å². The Kier molecular flexibility index (Phi) is 5.54. The molecule has 0 saturated carbocycles. The van der Waals surface area contributed by atoms with Crippen LogP contribution in [0.5, 0.6) is 0 Å². The van der Waals surface area contributed by atoms with E-state index in [1.54, 1.807) is 19.1 Å². The molecule has 0 saturated heterocycles. The number of benzene rings is 2. The van der Waals surface area contributed by atoms with Gasteiger partial charge in [-0.15, -0.1) is 0 Å². The van der Waals surface area contributed by atoms with Crippen molar-refractivity contribution in [3.8, 4) is 11.3 Å². The molecule has 0 aliphatic heterocycles. The van der Waals surface area contributed by atoms with Gasteiger partial charge >= 0.3 is 0 Å². The van der Waals surface area contributed by atoms with Gasteiger partial charge in [0.05, 0.1) is 17.1 Å². The first kappa shape index (κ1) is 20.5. The molecule has 0 aliphatic rings. The number of nitrogens with zero attached hydrogens (tertiary/aromatic N) is 1. The number of aromatic nitrogens is 1. The number of aryl methyl sites for hydroxylation is 1. The zero-order valence-corrected chi connectivity index (χ0v) is 18.3. The molecule has 30 heavy (non-hydrogen) atoms. The summed E-state index contributed by atoms with van der Waals surface area (Å²) in [5, 5.41) is 4.53. The maximum absolute atomic E-state index is 13.2. The second-order valence-corrected chi connectivity index (χ2v) is 8.07. The Labute approximate surface area is 184 Å². The summed E-state index contributed by atoms with van der Waals surface area (Å²) in [5.74, 6) is 0.580. The first-order valence-electron chi connectivity index (χ1n) is 9.57. The Balaban J connectivity index is 1.89. The van der Waals surface area contributed by atoms with Gasteiger partial charge in [-0.05, 0) is 44.5 Å². The molecule has 0 amide bonds. The fraction of sp³-hybridized carbons (Fsp3) is 0.167. The van der Waals surface area contributed by atoms with Gasteiger partial charge in [-0.1, -0.05) is 59.6 Å². The van der Waals surface area contributed by atoms with Crippen molar-refractivity contribution in [2.24, 2.45) is 0 Å². The maximum atomic E-state index is 13.2. The van der Waals surface area contributed by atoms with Crippen LogP contribution in [0, 0.1) is 13.8 Å². The van der Waals surface area contributed by atoms with E-state index < -0.39 is 0 Å². The molecule has 1 N–H and O–H groups in total. The van der Waals surface area contributed by atoms with Crippen molar-refractivity contribution < 1.29 is 4.42 Å². The van der Waals surface area contributed by atoms with Gasteiger partial charge in [-0.2, -0.15) is 0 Å². The average molecular weight is 439 g/mol. The van der Waals surface area contributed by atoms with E-state index >= 15 is 0 Å². The van der Waals surface area contributed by atoms with Crippen molar-refractivity contribution in [2.75, 3.05) is 5.32 Å². The second kappa shape index (κ2) is 8.13. The van der Waals surface area contributed by atoms with Gasteiger partial charge in [0.25, 0.3) is 0 Å². The molecule has 0 fully saturated rings. The molecule has 0 radical (unpaired) electrons. The van der Waals surface area contributed by atoms with Gasteiger partial charge in [0.15, 0.2) is 10.6 Å². The molecule has 4 aromatic rings. The summed E-state index contributed by atoms with van der Waals surface area (Å²) >= 11 is 12.1. The number of rotatable bonds is 4. The van der Waals surface area contributed by atoms with Crippen LogP contribution in [0.15, 0.2) is 63.8 Å². The van der Waals surface area contributed by atoms with E-state index in [1.165, 1.54) is 0 Å². The zero-order chi connectivity index (χ0) is 21.4. The Bertz CT molecular complexity index is 1300. The smallest absolute Gasteiger partial charge is 0.196 e. The minimum atomic E-state index is -0.192. The van der Waals surface area contributed by atoms with E-state index in [-0.39, 0.29) is 16.6 Å². The van der Waals surface area contributed by atoms with E-state index in [9.17, 15) is 4.79 Å². The fourth-order valence-corrected chi connectivity index (χ4v) is 3.98. The number of anilines is 1. The predicted molar refractivity (Wildman–Crippen MR) is 124 cm³/mol. The van der Waals surface area contributed by atoms with Gasteiger partial charge in [0, 0.05) is 16.7 Å². The summed E-state index contributed by atoms with van der Waals surface area (Å²) in [5.41, 5.74) is 4.49. The van der Waals surface area contributed by atoms with E-state index in [0.717, 1.165) is 16.7 Å². The normalized spacial score (nSPS) is 12.2. The fourth-order valence-electron chi connectivity index (χ4n) is 3.58. The molecule has 152 valence electrons. The van der Waals surface area contributed by atoms with Crippen LogP contribution in [0.3, 0.4) is 0 Å². The highest BCUT2D eigenvalue weighted by Crippen LogP contribution is 2.33. The molecule has 4 rings (SSSR count). The van der Waals surface area contributed by atoms with Crippen LogP contribution in [0.4, 0.5) is 5.69 Å². The number of hydrogen-bond donors (Lipinski definition) is 1. The Morgan fingerprint density at radius 2 is 1.77 bits per heavy atom. The van der Waals surface area contributed by atoms with Gasteiger partial charge in [-0.3, -0.25) is 4.79 Å². The Morgan fingerprint density at radius 3 is 2.47 bits per heavy atom. The molecule has 2 heterocycles. The Morgan fingerprint density at radius 1 is 1.03 bits per heavy atom. The summed E-state index contributed by atoms with van der Waals surface area (Å²) in [4.78, 5) is 17.2. The third-order valence-electron chi connectivity index (χ3n) is 5.08. The summed E-state index contributed by atoms with van der Waals surface area (Å²) < 4.78 is 6.34. The summed E-state index contributed by atoms with van der Waals surface area (Å²) in [7, 11) is 0. The summed E-state index contributed by atoms with van der Waals surface area (Å²) in [6, 6.07) is 16.8. The third-order valence-corrected chi connectivity index (χ3v) is 5.58.